The van der Waals surface area contributed by atoms with Gasteiger partial charge in [0.1, 0.15) is 5.75 Å². The van der Waals surface area contributed by atoms with Crippen molar-refractivity contribution < 1.29 is 5.11 Å². The highest BCUT2D eigenvalue weighted by atomic mass is 127. The first-order valence-corrected chi connectivity index (χ1v) is 4.96. The van der Waals surface area contributed by atoms with Crippen LogP contribution in [0.2, 0.25) is 0 Å². The normalized spacial score (nSPS) is 11.7. The zero-order valence-corrected chi connectivity index (χ0v) is 9.08. The Morgan fingerprint density at radius 3 is 2.75 bits per heavy atom. The van der Waals surface area contributed by atoms with Crippen molar-refractivity contribution in [2.45, 2.75) is 13.3 Å². The largest absolute Gasteiger partial charge is 0.507 e. The van der Waals surface area contributed by atoms with Gasteiger partial charge in [-0.2, -0.15) is 0 Å². The third-order valence-electron chi connectivity index (χ3n) is 1.59. The van der Waals surface area contributed by atoms with Gasteiger partial charge in [-0.05, 0) is 44.7 Å². The molecular formula is C10H11IO. The molecule has 12 heavy (non-hydrogen) atoms. The number of aromatic hydroxyl groups is 1. The summed E-state index contributed by atoms with van der Waals surface area (Å²) in [5.74, 6) is 0.347. The molecular weight excluding hydrogens is 263 g/mol. The van der Waals surface area contributed by atoms with Crippen LogP contribution in [0.25, 0.3) is 6.08 Å². The average molecular weight is 274 g/mol. The summed E-state index contributed by atoms with van der Waals surface area (Å²) in [6, 6.07) is 7.35. The second-order valence-electron chi connectivity index (χ2n) is 2.50. The lowest BCUT2D eigenvalue weighted by Crippen LogP contribution is -1.74. The van der Waals surface area contributed by atoms with Gasteiger partial charge in [-0.25, -0.2) is 0 Å². The standard InChI is InChI=1S/C10H11IO/c1-2-9(11)7-8-5-3-4-6-10(8)12/h3-7,12H,2H2,1H3. The zero-order chi connectivity index (χ0) is 8.97. The molecule has 0 amide bonds. The Balaban J connectivity index is 2.96. The molecule has 0 aliphatic carbocycles. The Kier molecular flexibility index (Phi) is 3.59. The van der Waals surface area contributed by atoms with E-state index in [0.29, 0.717) is 5.75 Å². The van der Waals surface area contributed by atoms with Gasteiger partial charge in [0.05, 0.1) is 0 Å². The molecule has 2 heteroatoms. The topological polar surface area (TPSA) is 20.2 Å². The van der Waals surface area contributed by atoms with E-state index < -0.39 is 0 Å². The predicted octanol–water partition coefficient (Wildman–Crippen LogP) is 3.58. The number of phenols is 1. The van der Waals surface area contributed by atoms with Gasteiger partial charge in [-0.1, -0.05) is 25.1 Å². The second kappa shape index (κ2) is 4.50. The van der Waals surface area contributed by atoms with E-state index in [9.17, 15) is 5.11 Å². The van der Waals surface area contributed by atoms with Crippen LogP contribution in [-0.2, 0) is 0 Å². The molecule has 0 heterocycles. The molecule has 0 bridgehead atoms. The molecule has 1 nitrogen and oxygen atoms in total. The highest BCUT2D eigenvalue weighted by Gasteiger charge is 1.95. The number of allylic oxidation sites excluding steroid dienone is 1. The van der Waals surface area contributed by atoms with Crippen molar-refractivity contribution in [2.24, 2.45) is 0 Å². The quantitative estimate of drug-likeness (QED) is 0.817. The van der Waals surface area contributed by atoms with Gasteiger partial charge in [0.2, 0.25) is 0 Å². The minimum atomic E-state index is 0.347. The number of benzene rings is 1. The van der Waals surface area contributed by atoms with Crippen LogP contribution in [0.1, 0.15) is 18.9 Å². The minimum Gasteiger partial charge on any atom is -0.507 e. The van der Waals surface area contributed by atoms with E-state index in [0.717, 1.165) is 12.0 Å². The summed E-state index contributed by atoms with van der Waals surface area (Å²) in [5, 5.41) is 9.41. The van der Waals surface area contributed by atoms with Gasteiger partial charge in [-0.3, -0.25) is 0 Å². The van der Waals surface area contributed by atoms with Gasteiger partial charge in [-0.15, -0.1) is 0 Å². The maximum absolute atomic E-state index is 9.41. The molecule has 0 radical (unpaired) electrons. The second-order valence-corrected chi connectivity index (χ2v) is 3.89. The maximum Gasteiger partial charge on any atom is 0.122 e. The van der Waals surface area contributed by atoms with Crippen LogP contribution in [0, 0.1) is 0 Å². The molecule has 0 saturated heterocycles. The van der Waals surface area contributed by atoms with Crippen molar-refractivity contribution in [3.8, 4) is 5.75 Å². The molecule has 0 aliphatic rings. The van der Waals surface area contributed by atoms with Crippen LogP contribution < -0.4 is 0 Å². The van der Waals surface area contributed by atoms with E-state index in [1.54, 1.807) is 6.07 Å². The van der Waals surface area contributed by atoms with E-state index in [2.05, 4.69) is 29.5 Å². The van der Waals surface area contributed by atoms with Crippen LogP contribution >= 0.6 is 22.6 Å². The molecule has 0 aromatic heterocycles. The summed E-state index contributed by atoms with van der Waals surface area (Å²) in [4.78, 5) is 0. The molecule has 1 aromatic rings. The van der Waals surface area contributed by atoms with Gasteiger partial charge >= 0.3 is 0 Å². The first-order valence-electron chi connectivity index (χ1n) is 3.88. The molecule has 0 unspecified atom stereocenters. The SMILES string of the molecule is CCC(I)=Cc1ccccc1O. The first-order chi connectivity index (χ1) is 5.74. The van der Waals surface area contributed by atoms with Crippen LogP contribution in [0.5, 0.6) is 5.75 Å². The Morgan fingerprint density at radius 1 is 1.50 bits per heavy atom. The summed E-state index contributed by atoms with van der Waals surface area (Å²) in [7, 11) is 0. The molecule has 1 N–H and O–H groups in total. The molecule has 0 saturated carbocycles. The predicted molar refractivity (Wildman–Crippen MR) is 60.4 cm³/mol. The lowest BCUT2D eigenvalue weighted by atomic mass is 10.2. The third kappa shape index (κ3) is 2.52. The van der Waals surface area contributed by atoms with Gasteiger partial charge < -0.3 is 5.11 Å². The monoisotopic (exact) mass is 274 g/mol. The fourth-order valence-electron chi connectivity index (χ4n) is 0.880. The highest BCUT2D eigenvalue weighted by Crippen LogP contribution is 2.22. The summed E-state index contributed by atoms with van der Waals surface area (Å²) < 4.78 is 1.24. The Labute approximate surface area is 86.3 Å². The van der Waals surface area contributed by atoms with Crippen LogP contribution in [0.15, 0.2) is 27.8 Å². The number of halogens is 1. The Bertz CT molecular complexity index is 292. The van der Waals surface area contributed by atoms with Gasteiger partial charge in [0.15, 0.2) is 0 Å². The number of para-hydroxylation sites is 1. The molecule has 1 rings (SSSR count). The van der Waals surface area contributed by atoms with Crippen molar-refractivity contribution >= 4 is 28.7 Å². The molecule has 0 aliphatic heterocycles. The van der Waals surface area contributed by atoms with E-state index >= 15 is 0 Å². The van der Waals surface area contributed by atoms with Crippen molar-refractivity contribution in [3.63, 3.8) is 0 Å². The molecule has 1 aromatic carbocycles. The lowest BCUT2D eigenvalue weighted by molar-refractivity contribution is 0.474. The maximum atomic E-state index is 9.41. The Hall–Kier alpha value is -0.510. The number of hydrogen-bond acceptors (Lipinski definition) is 1. The van der Waals surface area contributed by atoms with Crippen molar-refractivity contribution in [1.29, 1.82) is 0 Å². The van der Waals surface area contributed by atoms with E-state index in [-0.39, 0.29) is 0 Å². The van der Waals surface area contributed by atoms with Gasteiger partial charge in [0, 0.05) is 5.56 Å². The zero-order valence-electron chi connectivity index (χ0n) is 6.92. The first kappa shape index (κ1) is 9.58. The molecule has 0 atom stereocenters. The van der Waals surface area contributed by atoms with Crippen molar-refractivity contribution in [2.75, 3.05) is 0 Å². The molecule has 0 spiro atoms. The van der Waals surface area contributed by atoms with E-state index in [1.165, 1.54) is 3.58 Å². The smallest absolute Gasteiger partial charge is 0.122 e. The summed E-state index contributed by atoms with van der Waals surface area (Å²) in [5.41, 5.74) is 0.892. The fourth-order valence-corrected chi connectivity index (χ4v) is 1.22. The molecule has 0 fully saturated rings. The van der Waals surface area contributed by atoms with Crippen molar-refractivity contribution in [1.82, 2.24) is 0 Å². The summed E-state index contributed by atoms with van der Waals surface area (Å²) in [6.07, 6.45) is 3.00. The summed E-state index contributed by atoms with van der Waals surface area (Å²) >= 11 is 2.28. The van der Waals surface area contributed by atoms with Gasteiger partial charge in [0.25, 0.3) is 0 Å². The average Bonchev–Trinajstić information content (AvgIpc) is 2.09. The van der Waals surface area contributed by atoms with Crippen LogP contribution in [-0.4, -0.2) is 5.11 Å². The fraction of sp³-hybridized carbons (Fsp3) is 0.200. The van der Waals surface area contributed by atoms with E-state index in [1.807, 2.05) is 24.3 Å². The van der Waals surface area contributed by atoms with E-state index in [4.69, 9.17) is 0 Å². The molecule has 64 valence electrons. The Morgan fingerprint density at radius 2 is 2.17 bits per heavy atom. The minimum absolute atomic E-state index is 0.347. The van der Waals surface area contributed by atoms with Crippen LogP contribution in [0.3, 0.4) is 0 Å². The summed E-state index contributed by atoms with van der Waals surface area (Å²) in [6.45, 7) is 2.10. The number of hydrogen-bond donors (Lipinski definition) is 1. The lowest BCUT2D eigenvalue weighted by Gasteiger charge is -1.98. The van der Waals surface area contributed by atoms with Crippen LogP contribution in [0.4, 0.5) is 0 Å². The van der Waals surface area contributed by atoms with Crippen molar-refractivity contribution in [3.05, 3.63) is 33.4 Å². The number of phenolic OH excluding ortho intramolecular Hbond substituents is 1. The highest BCUT2D eigenvalue weighted by molar-refractivity contribution is 14.1. The third-order valence-corrected chi connectivity index (χ3v) is 2.66. The number of rotatable bonds is 2.